The van der Waals surface area contributed by atoms with Gasteiger partial charge in [0.1, 0.15) is 36.6 Å². The van der Waals surface area contributed by atoms with Gasteiger partial charge in [0.15, 0.2) is 23.6 Å². The van der Waals surface area contributed by atoms with Crippen LogP contribution in [-0.4, -0.2) is 94.0 Å². The zero-order valence-electron chi connectivity index (χ0n) is 22.2. The Morgan fingerprint density at radius 1 is 1.00 bits per heavy atom. The van der Waals surface area contributed by atoms with Crippen LogP contribution in [0.25, 0.3) is 22.2 Å². The molecule has 4 aromatic rings. The molecule has 10 atom stereocenters. The van der Waals surface area contributed by atoms with E-state index in [1.165, 1.54) is 17.2 Å². The zero-order valence-corrected chi connectivity index (χ0v) is 25.7. The van der Waals surface area contributed by atoms with Crippen LogP contribution in [-0.2, 0) is 43.9 Å². The number of ether oxygens (including phenoxy) is 2. The quantitative estimate of drug-likeness (QED) is 0.123. The summed E-state index contributed by atoms with van der Waals surface area (Å²) in [5.41, 5.74) is 6.27. The van der Waals surface area contributed by atoms with E-state index in [2.05, 4.69) is 32.2 Å². The number of H-pyrrole nitrogens is 1. The summed E-state index contributed by atoms with van der Waals surface area (Å²) in [4.78, 5) is 38.1. The van der Waals surface area contributed by atoms with E-state index in [9.17, 15) is 24.5 Å². The van der Waals surface area contributed by atoms with Crippen molar-refractivity contribution in [1.29, 1.82) is 0 Å². The fraction of sp³-hybridized carbons (Fsp3) is 0.455. The Labute approximate surface area is 257 Å². The summed E-state index contributed by atoms with van der Waals surface area (Å²) < 4.78 is 50.9. The predicted molar refractivity (Wildman–Crippen MR) is 157 cm³/mol. The van der Waals surface area contributed by atoms with Gasteiger partial charge in [-0.05, 0) is 23.9 Å². The first-order chi connectivity index (χ1) is 20.9. The molecule has 10 unspecified atom stereocenters. The number of nitrogen functional groups attached to an aromatic ring is 1. The maximum absolute atomic E-state index is 13.5. The highest BCUT2D eigenvalue weighted by atomic mass is 32.7. The maximum atomic E-state index is 13.5. The number of rotatable bonds is 2. The number of benzene rings is 1. The lowest BCUT2D eigenvalue weighted by molar-refractivity contribution is -0.0587. The van der Waals surface area contributed by atoms with Crippen LogP contribution in [0.4, 0.5) is 5.95 Å². The average Bonchev–Trinajstić information content (AvgIpc) is 3.72. The van der Waals surface area contributed by atoms with Gasteiger partial charge >= 0.3 is 13.5 Å². The fourth-order valence-corrected chi connectivity index (χ4v) is 8.33. The lowest BCUT2D eigenvalue weighted by Crippen LogP contribution is -2.36. The minimum Gasteiger partial charge on any atom is -0.387 e. The van der Waals surface area contributed by atoms with E-state index in [0.29, 0.717) is 11.0 Å². The molecule has 7 rings (SSSR count). The second-order valence-electron chi connectivity index (χ2n) is 10.2. The molecule has 0 amide bonds. The second-order valence-corrected chi connectivity index (χ2v) is 15.9. The lowest BCUT2D eigenvalue weighted by Gasteiger charge is -2.27. The van der Waals surface area contributed by atoms with Crippen molar-refractivity contribution >= 4 is 65.7 Å². The van der Waals surface area contributed by atoms with Crippen molar-refractivity contribution in [3.63, 3.8) is 0 Å². The van der Waals surface area contributed by atoms with Crippen LogP contribution < -0.4 is 11.3 Å². The number of nitrogens with two attached hydrogens (primary N) is 1. The third kappa shape index (κ3) is 5.43. The molecule has 0 radical (unpaired) electrons. The highest BCUT2D eigenvalue weighted by molar-refractivity contribution is 8.44. The average molecular weight is 690 g/mol. The minimum atomic E-state index is -4.32. The van der Waals surface area contributed by atoms with E-state index in [0.717, 1.165) is 0 Å². The Morgan fingerprint density at radius 2 is 1.73 bits per heavy atom. The van der Waals surface area contributed by atoms with Gasteiger partial charge in [0.2, 0.25) is 5.95 Å². The van der Waals surface area contributed by atoms with Crippen molar-refractivity contribution in [2.24, 2.45) is 0 Å². The van der Waals surface area contributed by atoms with Gasteiger partial charge in [0.05, 0.1) is 36.9 Å². The molecule has 3 aliphatic heterocycles. The van der Waals surface area contributed by atoms with Gasteiger partial charge in [-0.2, -0.15) is 4.98 Å². The van der Waals surface area contributed by atoms with E-state index < -0.39 is 81.4 Å². The summed E-state index contributed by atoms with van der Waals surface area (Å²) in [5, 5.41) is 22.4. The third-order valence-electron chi connectivity index (χ3n) is 7.42. The van der Waals surface area contributed by atoms with Crippen molar-refractivity contribution in [3.8, 4) is 0 Å². The Hall–Kier alpha value is -2.29. The zero-order chi connectivity index (χ0) is 31.0. The monoisotopic (exact) mass is 689 g/mol. The van der Waals surface area contributed by atoms with E-state index >= 15 is 0 Å². The lowest BCUT2D eigenvalue weighted by atomic mass is 10.1. The van der Waals surface area contributed by atoms with Gasteiger partial charge in [0.25, 0.3) is 5.56 Å². The molecule has 0 aliphatic carbocycles. The van der Waals surface area contributed by atoms with Crippen molar-refractivity contribution < 1.29 is 47.2 Å². The molecule has 1 aromatic carbocycles. The van der Waals surface area contributed by atoms with Crippen molar-refractivity contribution in [3.05, 3.63) is 47.3 Å². The number of hydrogen-bond acceptors (Lipinski definition) is 15. The normalized spacial score (nSPS) is 38.3. The van der Waals surface area contributed by atoms with Crippen molar-refractivity contribution in [2.45, 2.75) is 49.1 Å². The number of nitrogens with zero attached hydrogens (tertiary/aromatic N) is 5. The Kier molecular flexibility index (Phi) is 7.73. The minimum absolute atomic E-state index is 0.0143. The van der Waals surface area contributed by atoms with Crippen LogP contribution in [0.2, 0.25) is 0 Å². The molecule has 236 valence electrons. The summed E-state index contributed by atoms with van der Waals surface area (Å²) in [6.45, 7) is -9.49. The molecule has 18 nitrogen and oxygen atoms in total. The molecule has 3 aromatic heterocycles. The molecule has 22 heteroatoms. The maximum Gasteiger partial charge on any atom is 0.386 e. The first kappa shape index (κ1) is 30.4. The molecule has 3 aliphatic rings. The molecule has 3 saturated heterocycles. The summed E-state index contributed by atoms with van der Waals surface area (Å²) in [7, 11) is 0. The number of nitrogens with one attached hydrogen (secondary N) is 1. The van der Waals surface area contributed by atoms with Crippen LogP contribution >= 0.6 is 25.8 Å². The molecule has 44 heavy (non-hydrogen) atoms. The first-order valence-electron chi connectivity index (χ1n) is 13.0. The summed E-state index contributed by atoms with van der Waals surface area (Å²) >= 11 is 9.33. The Morgan fingerprint density at radius 3 is 2.55 bits per heavy atom. The molecule has 0 spiro atoms. The summed E-state index contributed by atoms with van der Waals surface area (Å²) in [6, 6.07) is 7.16. The summed E-state index contributed by atoms with van der Waals surface area (Å²) in [6.07, 6.45) is -7.78. The van der Waals surface area contributed by atoms with Crippen LogP contribution in [0.3, 0.4) is 0 Å². The molecule has 3 fully saturated rings. The van der Waals surface area contributed by atoms with E-state index in [1.807, 2.05) is 0 Å². The van der Waals surface area contributed by atoms with Gasteiger partial charge in [-0.3, -0.25) is 27.9 Å². The van der Waals surface area contributed by atoms with Crippen molar-refractivity contribution in [2.75, 3.05) is 18.9 Å². The Balaban J connectivity index is 1.21. The molecule has 0 saturated carbocycles. The number of aromatic nitrogens is 6. The number of aliphatic hydroxyl groups is 2. The summed E-state index contributed by atoms with van der Waals surface area (Å²) in [5.74, 6) is -0.209. The SMILES string of the molecule is Nc1nc2c(ncn2C2OC3COP(O)(=S)OC4C(COP(=O)(S)OC2C3O)OC(n2cnc3ccccc32)C4O)c(=O)[nH]1. The van der Waals surface area contributed by atoms with Crippen LogP contribution in [0.1, 0.15) is 12.5 Å². The number of fused-ring (bicyclic) bond motifs is 5. The molecule has 2 bridgehead atoms. The topological polar surface area (TPSA) is 241 Å². The van der Waals surface area contributed by atoms with E-state index in [4.69, 9.17) is 45.1 Å². The van der Waals surface area contributed by atoms with Gasteiger partial charge in [0, 0.05) is 0 Å². The molecular weight excluding hydrogens is 664 g/mol. The van der Waals surface area contributed by atoms with E-state index in [1.54, 1.807) is 28.8 Å². The molecule has 6 heterocycles. The van der Waals surface area contributed by atoms with Gasteiger partial charge in [-0.25, -0.2) is 14.5 Å². The molecule has 6 N–H and O–H groups in total. The van der Waals surface area contributed by atoms with Crippen LogP contribution in [0.5, 0.6) is 0 Å². The molecular formula is C22H25N7O11P2S2. The Bertz CT molecular complexity index is 1890. The number of aliphatic hydroxyl groups excluding tert-OH is 2. The van der Waals surface area contributed by atoms with Crippen molar-refractivity contribution in [1.82, 2.24) is 29.1 Å². The largest absolute Gasteiger partial charge is 0.387 e. The number of aromatic amines is 1. The number of hydrogen-bond donors (Lipinski definition) is 6. The predicted octanol–water partition coefficient (Wildman–Crippen LogP) is 0.340. The number of anilines is 1. The smallest absolute Gasteiger partial charge is 0.386 e. The highest BCUT2D eigenvalue weighted by Gasteiger charge is 2.52. The van der Waals surface area contributed by atoms with Gasteiger partial charge in [-0.1, -0.05) is 24.4 Å². The second kappa shape index (κ2) is 11.2. The van der Waals surface area contributed by atoms with Gasteiger partial charge in [-0.15, -0.1) is 0 Å². The van der Waals surface area contributed by atoms with E-state index in [-0.39, 0.29) is 17.1 Å². The number of imidazole rings is 2. The van der Waals surface area contributed by atoms with Crippen LogP contribution in [0.15, 0.2) is 41.7 Å². The third-order valence-corrected chi connectivity index (χ3v) is 10.6. The highest BCUT2D eigenvalue weighted by Crippen LogP contribution is 2.58. The number of thiol groups is 1. The van der Waals surface area contributed by atoms with Gasteiger partial charge < -0.3 is 39.4 Å². The fourth-order valence-electron chi connectivity index (χ4n) is 5.42. The van der Waals surface area contributed by atoms with Crippen LogP contribution in [0, 0.1) is 0 Å². The number of para-hydroxylation sites is 2. The standard InChI is InChI=1S/C22H25N7O11P2S2/c23-22-26-18-13(19(32)27-22)25-8-29(18)21-17-14(30)11(37-21)5-35-41(33,43)39-16-12(6-36-42(34,44)40-17)38-20(15(16)31)28-7-24-9-3-1-2-4-10(9)28/h1-4,7-8,11-12,14-17,20-21,30-31H,5-6H2,(H,33,43)(H,34,44)(H3,23,26,27,32). The first-order valence-corrected chi connectivity index (χ1v) is 18.3.